The van der Waals surface area contributed by atoms with Gasteiger partial charge in [0.2, 0.25) is 0 Å². The Bertz CT molecular complexity index is 876. The summed E-state index contributed by atoms with van der Waals surface area (Å²) in [5.41, 5.74) is 0.294. The zero-order valence-corrected chi connectivity index (χ0v) is 18.1. The first-order valence-electron chi connectivity index (χ1n) is 10.0. The first-order valence-corrected chi connectivity index (χ1v) is 10.0. The number of allylic oxidation sites excluding steroid dienone is 5. The number of ketones is 1. The van der Waals surface area contributed by atoms with Crippen LogP contribution in [0.25, 0.3) is 0 Å². The normalized spacial score (nSPS) is 12.3. The molecule has 0 bridgehead atoms. The quantitative estimate of drug-likeness (QED) is 0.232. The Kier molecular flexibility index (Phi) is 11.0. The van der Waals surface area contributed by atoms with Crippen LogP contribution in [0.1, 0.15) is 69.0 Å². The van der Waals surface area contributed by atoms with Crippen molar-refractivity contribution >= 4 is 11.9 Å². The molecule has 0 unspecified atom stereocenters. The lowest BCUT2D eigenvalue weighted by molar-refractivity contribution is 0.102. The van der Waals surface area contributed by atoms with Crippen LogP contribution < -0.4 is 10.9 Å². The van der Waals surface area contributed by atoms with Crippen molar-refractivity contribution < 1.29 is 23.8 Å². The average Bonchev–Trinajstić information content (AvgIpc) is 2.71. The van der Waals surface area contributed by atoms with Gasteiger partial charge in [0.15, 0.2) is 5.78 Å². The first-order chi connectivity index (χ1) is 14.3. The maximum absolute atomic E-state index is 12.6. The van der Waals surface area contributed by atoms with E-state index in [1.807, 2.05) is 13.0 Å². The van der Waals surface area contributed by atoms with Crippen molar-refractivity contribution in [2.45, 2.75) is 59.3 Å². The molecule has 1 amide bonds. The third-order valence-corrected chi connectivity index (χ3v) is 4.41. The molecule has 0 saturated carbocycles. The van der Waals surface area contributed by atoms with E-state index in [0.717, 1.165) is 24.8 Å². The summed E-state index contributed by atoms with van der Waals surface area (Å²) in [5.74, 6) is -0.641. The van der Waals surface area contributed by atoms with Crippen molar-refractivity contribution in [3.63, 3.8) is 0 Å². The molecule has 30 heavy (non-hydrogen) atoms. The monoisotopic (exact) mass is 417 g/mol. The molecule has 2 N–H and O–H groups in total. The number of hydrogen-bond donors (Lipinski definition) is 2. The number of Topliss-reactive ketones (excluding diaryl/α,β-unsaturated/α-hetero) is 1. The molecule has 0 aromatic carbocycles. The maximum atomic E-state index is 12.6. The van der Waals surface area contributed by atoms with E-state index in [1.54, 1.807) is 19.1 Å². The van der Waals surface area contributed by atoms with E-state index in [-0.39, 0.29) is 11.3 Å². The Labute approximate surface area is 177 Å². The van der Waals surface area contributed by atoms with Crippen molar-refractivity contribution in [1.29, 1.82) is 0 Å². The number of aromatic hydroxyl groups is 1. The van der Waals surface area contributed by atoms with Gasteiger partial charge in [-0.3, -0.25) is 10.1 Å². The van der Waals surface area contributed by atoms with Gasteiger partial charge in [-0.05, 0) is 45.1 Å². The summed E-state index contributed by atoms with van der Waals surface area (Å²) in [7, 11) is 1.27. The third-order valence-electron chi connectivity index (χ3n) is 4.41. The van der Waals surface area contributed by atoms with Gasteiger partial charge in [-0.25, -0.2) is 9.59 Å². The van der Waals surface area contributed by atoms with Gasteiger partial charge in [0.25, 0.3) is 0 Å². The van der Waals surface area contributed by atoms with Gasteiger partial charge in [0.1, 0.15) is 17.1 Å². The fourth-order valence-corrected chi connectivity index (χ4v) is 2.60. The fraction of sp³-hybridized carbons (Fsp3) is 0.435. The van der Waals surface area contributed by atoms with Crippen LogP contribution >= 0.6 is 0 Å². The SMILES string of the molecule is CCCCC(C)=CC=C(C)C(=O)c1c(O)cc(CCCC=CNC(=O)OC)oc1=O. The van der Waals surface area contributed by atoms with Crippen LogP contribution in [0.4, 0.5) is 4.79 Å². The predicted octanol–water partition coefficient (Wildman–Crippen LogP) is 4.80. The number of carbonyl (C=O) groups excluding carboxylic acids is 2. The Morgan fingerprint density at radius 1 is 1.23 bits per heavy atom. The van der Waals surface area contributed by atoms with Crippen molar-refractivity contribution in [2.24, 2.45) is 0 Å². The minimum atomic E-state index is -0.850. The summed E-state index contributed by atoms with van der Waals surface area (Å²) in [6.45, 7) is 5.71. The van der Waals surface area contributed by atoms with Crippen LogP contribution in [-0.2, 0) is 11.2 Å². The van der Waals surface area contributed by atoms with Gasteiger partial charge >= 0.3 is 11.7 Å². The maximum Gasteiger partial charge on any atom is 0.410 e. The highest BCUT2D eigenvalue weighted by molar-refractivity contribution is 6.09. The van der Waals surface area contributed by atoms with E-state index >= 15 is 0 Å². The predicted molar refractivity (Wildman–Crippen MR) is 116 cm³/mol. The van der Waals surface area contributed by atoms with E-state index in [0.29, 0.717) is 30.6 Å². The Balaban J connectivity index is 2.77. The molecule has 0 radical (unpaired) electrons. The molecule has 0 saturated heterocycles. The molecule has 1 heterocycles. The molecule has 1 aromatic heterocycles. The highest BCUT2D eigenvalue weighted by atomic mass is 16.5. The summed E-state index contributed by atoms with van der Waals surface area (Å²) >= 11 is 0. The van der Waals surface area contributed by atoms with Crippen molar-refractivity contribution in [3.05, 3.63) is 63.4 Å². The molecule has 1 rings (SSSR count). The second-order valence-electron chi connectivity index (χ2n) is 6.99. The number of unbranched alkanes of at least 4 members (excludes halogenated alkanes) is 2. The van der Waals surface area contributed by atoms with Crippen molar-refractivity contribution in [2.75, 3.05) is 7.11 Å². The number of amides is 1. The van der Waals surface area contributed by atoms with Gasteiger partial charge in [0, 0.05) is 18.7 Å². The second-order valence-corrected chi connectivity index (χ2v) is 6.99. The van der Waals surface area contributed by atoms with E-state index in [1.165, 1.54) is 19.4 Å². The molecule has 0 atom stereocenters. The van der Waals surface area contributed by atoms with Gasteiger partial charge in [-0.2, -0.15) is 0 Å². The number of carbonyl (C=O) groups is 2. The Hall–Kier alpha value is -3.09. The minimum Gasteiger partial charge on any atom is -0.507 e. The summed E-state index contributed by atoms with van der Waals surface area (Å²) in [6, 6.07) is 1.31. The fourth-order valence-electron chi connectivity index (χ4n) is 2.60. The molecule has 0 fully saturated rings. The lowest BCUT2D eigenvalue weighted by Gasteiger charge is -2.05. The smallest absolute Gasteiger partial charge is 0.410 e. The van der Waals surface area contributed by atoms with E-state index in [9.17, 15) is 19.5 Å². The summed E-state index contributed by atoms with van der Waals surface area (Å²) in [6.07, 6.45) is 10.9. The lowest BCUT2D eigenvalue weighted by atomic mass is 10.0. The van der Waals surface area contributed by atoms with Crippen LogP contribution in [0.15, 0.2) is 50.9 Å². The molecule has 0 aliphatic heterocycles. The zero-order chi connectivity index (χ0) is 22.5. The van der Waals surface area contributed by atoms with Crippen LogP contribution in [0, 0.1) is 0 Å². The van der Waals surface area contributed by atoms with Gasteiger partial charge in [0.05, 0.1) is 7.11 Å². The van der Waals surface area contributed by atoms with E-state index in [2.05, 4.69) is 17.0 Å². The molecule has 7 heteroatoms. The molecule has 164 valence electrons. The lowest BCUT2D eigenvalue weighted by Crippen LogP contribution is -2.16. The highest BCUT2D eigenvalue weighted by Crippen LogP contribution is 2.20. The van der Waals surface area contributed by atoms with Gasteiger partial charge in [-0.1, -0.05) is 37.1 Å². The van der Waals surface area contributed by atoms with Crippen LogP contribution in [0.5, 0.6) is 5.75 Å². The number of alkyl carbamates (subject to hydrolysis) is 1. The average molecular weight is 418 g/mol. The molecule has 7 nitrogen and oxygen atoms in total. The molecular weight excluding hydrogens is 386 g/mol. The molecular formula is C23H31NO6. The topological polar surface area (TPSA) is 106 Å². The molecule has 0 aliphatic carbocycles. The highest BCUT2D eigenvalue weighted by Gasteiger charge is 2.20. The summed E-state index contributed by atoms with van der Waals surface area (Å²) in [5, 5.41) is 12.6. The van der Waals surface area contributed by atoms with E-state index in [4.69, 9.17) is 4.42 Å². The number of rotatable bonds is 11. The standard InChI is InChI=1S/C23H31NO6/c1-5-6-10-16(2)12-13-17(3)21(26)20-19(25)15-18(30-22(20)27)11-8-7-9-14-24-23(28)29-4/h9,12-15,25H,5-8,10-11H2,1-4H3,(H,24,28). The second kappa shape index (κ2) is 13.2. The van der Waals surface area contributed by atoms with Crippen molar-refractivity contribution in [3.8, 4) is 5.75 Å². The number of ether oxygens (including phenoxy) is 1. The number of aryl methyl sites for hydroxylation is 1. The van der Waals surface area contributed by atoms with Crippen LogP contribution in [0.3, 0.4) is 0 Å². The van der Waals surface area contributed by atoms with Gasteiger partial charge < -0.3 is 14.3 Å². The molecule has 1 aromatic rings. The third kappa shape index (κ3) is 8.51. The number of hydrogen-bond acceptors (Lipinski definition) is 6. The van der Waals surface area contributed by atoms with Crippen LogP contribution in [-0.4, -0.2) is 24.1 Å². The number of nitrogens with one attached hydrogen (secondary N) is 1. The Morgan fingerprint density at radius 3 is 2.60 bits per heavy atom. The molecule has 0 aliphatic rings. The number of methoxy groups -OCH3 is 1. The van der Waals surface area contributed by atoms with Crippen LogP contribution in [0.2, 0.25) is 0 Å². The van der Waals surface area contributed by atoms with Crippen molar-refractivity contribution in [1.82, 2.24) is 5.32 Å². The Morgan fingerprint density at radius 2 is 1.97 bits per heavy atom. The minimum absolute atomic E-state index is 0.292. The zero-order valence-electron chi connectivity index (χ0n) is 18.1. The first kappa shape index (κ1) is 24.9. The van der Waals surface area contributed by atoms with Gasteiger partial charge in [-0.15, -0.1) is 0 Å². The summed E-state index contributed by atoms with van der Waals surface area (Å²) < 4.78 is 9.64. The largest absolute Gasteiger partial charge is 0.507 e. The molecule has 0 spiro atoms. The van der Waals surface area contributed by atoms with E-state index < -0.39 is 17.5 Å². The summed E-state index contributed by atoms with van der Waals surface area (Å²) in [4.78, 5) is 35.7.